The molecule has 1 aromatic carbocycles. The summed E-state index contributed by atoms with van der Waals surface area (Å²) in [5, 5.41) is 6.13. The molecule has 0 fully saturated rings. The molecule has 1 aromatic heterocycles. The molecule has 2 aromatic rings. The first-order valence-electron chi connectivity index (χ1n) is 5.24. The van der Waals surface area contributed by atoms with E-state index in [1.54, 1.807) is 17.5 Å². The van der Waals surface area contributed by atoms with Gasteiger partial charge in [-0.15, -0.1) is 11.3 Å². The van der Waals surface area contributed by atoms with Crippen molar-refractivity contribution in [3.8, 4) is 11.3 Å². The van der Waals surface area contributed by atoms with Gasteiger partial charge in [0.05, 0.1) is 16.3 Å². The molecule has 90 valence electrons. The van der Waals surface area contributed by atoms with Crippen molar-refractivity contribution < 1.29 is 4.39 Å². The summed E-state index contributed by atoms with van der Waals surface area (Å²) in [6, 6.07) is 4.93. The fourth-order valence-electron chi connectivity index (χ4n) is 1.44. The maximum absolute atomic E-state index is 13.7. The van der Waals surface area contributed by atoms with Gasteiger partial charge in [0.2, 0.25) is 0 Å². The molecule has 2 nitrogen and oxygen atoms in total. The normalized spacial score (nSPS) is 10.9. The maximum atomic E-state index is 13.7. The van der Waals surface area contributed by atoms with Crippen molar-refractivity contribution in [2.75, 3.05) is 5.32 Å². The van der Waals surface area contributed by atoms with Crippen LogP contribution >= 0.6 is 22.9 Å². The number of anilines is 1. The molecule has 0 spiro atoms. The zero-order valence-electron chi connectivity index (χ0n) is 9.50. The zero-order valence-corrected chi connectivity index (χ0v) is 11.1. The Morgan fingerprint density at radius 3 is 2.82 bits per heavy atom. The molecular formula is C12H12ClFN2S. The highest BCUT2D eigenvalue weighted by atomic mass is 35.5. The van der Waals surface area contributed by atoms with Crippen molar-refractivity contribution in [3.05, 3.63) is 34.4 Å². The molecule has 0 aliphatic rings. The first-order chi connectivity index (χ1) is 8.08. The van der Waals surface area contributed by atoms with Crippen LogP contribution in [0.1, 0.15) is 13.8 Å². The van der Waals surface area contributed by atoms with Gasteiger partial charge in [0.15, 0.2) is 5.13 Å². The molecule has 1 heterocycles. The van der Waals surface area contributed by atoms with Crippen molar-refractivity contribution >= 4 is 28.1 Å². The monoisotopic (exact) mass is 270 g/mol. The van der Waals surface area contributed by atoms with E-state index in [9.17, 15) is 4.39 Å². The van der Waals surface area contributed by atoms with Gasteiger partial charge in [0, 0.05) is 11.4 Å². The van der Waals surface area contributed by atoms with E-state index in [1.807, 2.05) is 13.8 Å². The molecule has 0 saturated heterocycles. The molecule has 0 bridgehead atoms. The van der Waals surface area contributed by atoms with E-state index in [1.165, 1.54) is 17.4 Å². The Morgan fingerprint density at radius 2 is 2.18 bits per heavy atom. The van der Waals surface area contributed by atoms with Crippen LogP contribution in [0.25, 0.3) is 11.3 Å². The van der Waals surface area contributed by atoms with Crippen molar-refractivity contribution in [2.45, 2.75) is 19.9 Å². The summed E-state index contributed by atoms with van der Waals surface area (Å²) >= 11 is 7.43. The van der Waals surface area contributed by atoms with E-state index >= 15 is 0 Å². The van der Waals surface area contributed by atoms with Crippen LogP contribution in [0.5, 0.6) is 0 Å². The summed E-state index contributed by atoms with van der Waals surface area (Å²) in [5.41, 5.74) is 0.934. The Labute approximate surface area is 108 Å². The maximum Gasteiger partial charge on any atom is 0.183 e. The van der Waals surface area contributed by atoms with Crippen LogP contribution in [-0.4, -0.2) is 11.0 Å². The zero-order chi connectivity index (χ0) is 12.4. The van der Waals surface area contributed by atoms with E-state index < -0.39 is 0 Å². The molecule has 17 heavy (non-hydrogen) atoms. The molecule has 0 atom stereocenters. The summed E-state index contributed by atoms with van der Waals surface area (Å²) in [5.74, 6) is -0.348. The second-order valence-electron chi connectivity index (χ2n) is 3.93. The number of nitrogens with one attached hydrogen (secondary N) is 1. The molecule has 0 saturated carbocycles. The van der Waals surface area contributed by atoms with E-state index in [2.05, 4.69) is 10.3 Å². The van der Waals surface area contributed by atoms with Gasteiger partial charge in [-0.2, -0.15) is 0 Å². The van der Waals surface area contributed by atoms with Crippen molar-refractivity contribution in [1.82, 2.24) is 4.98 Å². The van der Waals surface area contributed by atoms with E-state index in [0.29, 0.717) is 22.3 Å². The van der Waals surface area contributed by atoms with Crippen molar-refractivity contribution in [2.24, 2.45) is 0 Å². The molecule has 2 rings (SSSR count). The second-order valence-corrected chi connectivity index (χ2v) is 5.20. The molecule has 0 amide bonds. The summed E-state index contributed by atoms with van der Waals surface area (Å²) in [4.78, 5) is 4.33. The highest BCUT2D eigenvalue weighted by Crippen LogP contribution is 2.32. The SMILES string of the molecule is CC(C)Nc1nc(-c2c(F)cccc2Cl)cs1. The quantitative estimate of drug-likeness (QED) is 0.893. The van der Waals surface area contributed by atoms with Gasteiger partial charge in [-0.3, -0.25) is 0 Å². The minimum atomic E-state index is -0.348. The third kappa shape index (κ3) is 2.76. The van der Waals surface area contributed by atoms with Crippen LogP contribution in [0.15, 0.2) is 23.6 Å². The number of benzene rings is 1. The molecule has 0 unspecified atom stereocenters. The minimum Gasteiger partial charge on any atom is -0.359 e. The minimum absolute atomic E-state index is 0.296. The Hall–Kier alpha value is -1.13. The Kier molecular flexibility index (Phi) is 3.64. The third-order valence-corrected chi connectivity index (χ3v) is 3.22. The Bertz CT molecular complexity index is 505. The van der Waals surface area contributed by atoms with E-state index in [-0.39, 0.29) is 5.82 Å². The van der Waals surface area contributed by atoms with Gasteiger partial charge < -0.3 is 5.32 Å². The number of rotatable bonds is 3. The summed E-state index contributed by atoms with van der Waals surface area (Å²) in [6.45, 7) is 4.05. The van der Waals surface area contributed by atoms with Crippen LogP contribution in [0.3, 0.4) is 0 Å². The third-order valence-electron chi connectivity index (χ3n) is 2.14. The molecule has 0 aliphatic heterocycles. The molecule has 0 radical (unpaired) electrons. The standard InChI is InChI=1S/C12H12ClFN2S/c1-7(2)15-12-16-10(6-17-12)11-8(13)4-3-5-9(11)14/h3-7H,1-2H3,(H,15,16). The molecular weight excluding hydrogens is 259 g/mol. The average molecular weight is 271 g/mol. The van der Waals surface area contributed by atoms with Crippen LogP contribution in [-0.2, 0) is 0 Å². The van der Waals surface area contributed by atoms with Gasteiger partial charge in [-0.25, -0.2) is 9.37 Å². The van der Waals surface area contributed by atoms with E-state index in [4.69, 9.17) is 11.6 Å². The first-order valence-corrected chi connectivity index (χ1v) is 6.50. The highest BCUT2D eigenvalue weighted by Gasteiger charge is 2.13. The largest absolute Gasteiger partial charge is 0.359 e. The van der Waals surface area contributed by atoms with E-state index in [0.717, 1.165) is 5.13 Å². The van der Waals surface area contributed by atoms with Crippen LogP contribution in [0, 0.1) is 5.82 Å². The number of aromatic nitrogens is 1. The van der Waals surface area contributed by atoms with Crippen LogP contribution in [0.2, 0.25) is 5.02 Å². The molecule has 1 N–H and O–H groups in total. The lowest BCUT2D eigenvalue weighted by molar-refractivity contribution is 0.631. The smallest absolute Gasteiger partial charge is 0.183 e. The lowest BCUT2D eigenvalue weighted by atomic mass is 10.1. The molecule has 0 aliphatic carbocycles. The fourth-order valence-corrected chi connectivity index (χ4v) is 2.55. The van der Waals surface area contributed by atoms with Gasteiger partial charge in [0.25, 0.3) is 0 Å². The van der Waals surface area contributed by atoms with Gasteiger partial charge in [-0.1, -0.05) is 17.7 Å². The number of hydrogen-bond acceptors (Lipinski definition) is 3. The van der Waals surface area contributed by atoms with Crippen LogP contribution < -0.4 is 5.32 Å². The number of nitrogens with zero attached hydrogens (tertiary/aromatic N) is 1. The molecule has 5 heteroatoms. The van der Waals surface area contributed by atoms with Gasteiger partial charge >= 0.3 is 0 Å². The highest BCUT2D eigenvalue weighted by molar-refractivity contribution is 7.14. The van der Waals surface area contributed by atoms with Crippen molar-refractivity contribution in [1.29, 1.82) is 0 Å². The van der Waals surface area contributed by atoms with Gasteiger partial charge in [-0.05, 0) is 26.0 Å². The van der Waals surface area contributed by atoms with Crippen molar-refractivity contribution in [3.63, 3.8) is 0 Å². The predicted molar refractivity (Wildman–Crippen MR) is 71.3 cm³/mol. The topological polar surface area (TPSA) is 24.9 Å². The number of thiazole rings is 1. The number of halogens is 2. The second kappa shape index (κ2) is 5.02. The fraction of sp³-hybridized carbons (Fsp3) is 0.250. The Morgan fingerprint density at radius 1 is 1.41 bits per heavy atom. The first kappa shape index (κ1) is 12.3. The lowest BCUT2D eigenvalue weighted by Gasteiger charge is -2.05. The summed E-state index contributed by atoms with van der Waals surface area (Å²) < 4.78 is 13.7. The summed E-state index contributed by atoms with van der Waals surface area (Å²) in [7, 11) is 0. The summed E-state index contributed by atoms with van der Waals surface area (Å²) in [6.07, 6.45) is 0. The van der Waals surface area contributed by atoms with Gasteiger partial charge in [0.1, 0.15) is 5.82 Å². The predicted octanol–water partition coefficient (Wildman–Crippen LogP) is 4.42. The van der Waals surface area contributed by atoms with Crippen LogP contribution in [0.4, 0.5) is 9.52 Å². The average Bonchev–Trinajstić information content (AvgIpc) is 2.65. The number of hydrogen-bond donors (Lipinski definition) is 1. The lowest BCUT2D eigenvalue weighted by Crippen LogP contribution is -2.09. The Balaban J connectivity index is 2.37.